The highest BCUT2D eigenvalue weighted by molar-refractivity contribution is 7.89. The summed E-state index contributed by atoms with van der Waals surface area (Å²) < 4.78 is 41.9. The topological polar surface area (TPSA) is 69.7 Å². The molecule has 9 heteroatoms. The van der Waals surface area contributed by atoms with Gasteiger partial charge in [-0.25, -0.2) is 12.8 Å². The van der Waals surface area contributed by atoms with Gasteiger partial charge in [0, 0.05) is 38.1 Å². The molecule has 1 unspecified atom stereocenters. The molecule has 0 aromatic heterocycles. The van der Waals surface area contributed by atoms with Gasteiger partial charge in [0.25, 0.3) is 5.91 Å². The number of rotatable bonds is 9. The molecule has 1 amide bonds. The van der Waals surface area contributed by atoms with Crippen LogP contribution in [0.25, 0.3) is 0 Å². The fourth-order valence-corrected chi connectivity index (χ4v) is 5.57. The highest BCUT2D eigenvalue weighted by Crippen LogP contribution is 2.29. The molecule has 0 radical (unpaired) electrons. The van der Waals surface area contributed by atoms with E-state index in [2.05, 4.69) is 5.32 Å². The van der Waals surface area contributed by atoms with Gasteiger partial charge in [-0.15, -0.1) is 0 Å². The van der Waals surface area contributed by atoms with E-state index in [1.54, 1.807) is 36.4 Å². The average molecular weight is 518 g/mol. The van der Waals surface area contributed by atoms with E-state index >= 15 is 0 Å². The molecule has 3 aromatic rings. The van der Waals surface area contributed by atoms with E-state index in [1.807, 2.05) is 38.9 Å². The molecule has 0 aliphatic rings. The highest BCUT2D eigenvalue weighted by Gasteiger charge is 2.29. The van der Waals surface area contributed by atoms with Crippen LogP contribution in [0.5, 0.6) is 0 Å². The van der Waals surface area contributed by atoms with Crippen LogP contribution in [0, 0.1) is 5.82 Å². The van der Waals surface area contributed by atoms with E-state index in [0.29, 0.717) is 28.3 Å². The molecular weight excluding hydrogens is 489 g/mol. The Labute approximate surface area is 211 Å². The maximum atomic E-state index is 13.5. The normalized spacial score (nSPS) is 12.4. The lowest BCUT2D eigenvalue weighted by Gasteiger charge is -2.30. The molecule has 1 atom stereocenters. The van der Waals surface area contributed by atoms with E-state index in [0.717, 1.165) is 17.8 Å². The van der Waals surface area contributed by atoms with Gasteiger partial charge in [-0.2, -0.15) is 4.31 Å². The predicted octanol–water partition coefficient (Wildman–Crippen LogP) is 5.79. The summed E-state index contributed by atoms with van der Waals surface area (Å²) in [6.45, 7) is 3.81. The maximum absolute atomic E-state index is 13.5. The summed E-state index contributed by atoms with van der Waals surface area (Å²) in [7, 11) is -0.183. The van der Waals surface area contributed by atoms with Crippen LogP contribution in [0.4, 0.5) is 15.8 Å². The van der Waals surface area contributed by atoms with Crippen molar-refractivity contribution >= 4 is 38.9 Å². The van der Waals surface area contributed by atoms with Crippen molar-refractivity contribution in [2.75, 3.05) is 24.3 Å². The van der Waals surface area contributed by atoms with Gasteiger partial charge in [0.05, 0.1) is 15.5 Å². The first-order chi connectivity index (χ1) is 16.5. The number of carbonyl (C=O) groups is 1. The summed E-state index contributed by atoms with van der Waals surface area (Å²) in [6.07, 6.45) is 0.584. The average Bonchev–Trinajstić information content (AvgIpc) is 2.82. The molecule has 0 spiro atoms. The standard InChI is InChI=1S/C26H29ClFN3O3S/c1-5-18(2)31(35(33,34)22-13-10-20(28)11-14-22)17-19-16-21(12-15-25(19)30(3)4)29-26(32)23-8-6-7-9-24(23)27/h6-16,18H,5,17H2,1-4H3,(H,29,32). The van der Waals surface area contributed by atoms with Crippen molar-refractivity contribution in [3.63, 3.8) is 0 Å². The first-order valence-electron chi connectivity index (χ1n) is 11.2. The first-order valence-corrected chi connectivity index (χ1v) is 13.0. The number of hydrogen-bond donors (Lipinski definition) is 1. The molecule has 35 heavy (non-hydrogen) atoms. The number of amides is 1. The Morgan fingerprint density at radius 2 is 1.71 bits per heavy atom. The monoisotopic (exact) mass is 517 g/mol. The van der Waals surface area contributed by atoms with E-state index in [9.17, 15) is 17.6 Å². The van der Waals surface area contributed by atoms with E-state index in [4.69, 9.17) is 11.6 Å². The van der Waals surface area contributed by atoms with E-state index in [-0.39, 0.29) is 23.4 Å². The van der Waals surface area contributed by atoms with Crippen molar-refractivity contribution < 1.29 is 17.6 Å². The van der Waals surface area contributed by atoms with Crippen molar-refractivity contribution in [2.24, 2.45) is 0 Å². The summed E-state index contributed by atoms with van der Waals surface area (Å²) in [6, 6.07) is 16.6. The number of nitrogens with one attached hydrogen (secondary N) is 1. The molecule has 0 aliphatic heterocycles. The molecule has 1 N–H and O–H groups in total. The SMILES string of the molecule is CCC(C)N(Cc1cc(NC(=O)c2ccccc2Cl)ccc1N(C)C)S(=O)(=O)c1ccc(F)cc1. The van der Waals surface area contributed by atoms with Crippen molar-refractivity contribution in [3.8, 4) is 0 Å². The van der Waals surface area contributed by atoms with Gasteiger partial charge in [0.1, 0.15) is 5.82 Å². The van der Waals surface area contributed by atoms with Crippen molar-refractivity contribution in [3.05, 3.63) is 88.7 Å². The zero-order valence-electron chi connectivity index (χ0n) is 20.1. The minimum atomic E-state index is -3.91. The van der Waals surface area contributed by atoms with Crippen LogP contribution in [0.3, 0.4) is 0 Å². The molecule has 0 bridgehead atoms. The summed E-state index contributed by atoms with van der Waals surface area (Å²) in [4.78, 5) is 14.7. The number of sulfonamides is 1. The molecular formula is C26H29ClFN3O3S. The Bertz CT molecular complexity index is 1300. The molecule has 6 nitrogen and oxygen atoms in total. The molecule has 186 valence electrons. The van der Waals surface area contributed by atoms with Gasteiger partial charge in [0.15, 0.2) is 0 Å². The highest BCUT2D eigenvalue weighted by atomic mass is 35.5. The zero-order chi connectivity index (χ0) is 25.8. The molecule has 0 saturated carbocycles. The third-order valence-electron chi connectivity index (χ3n) is 5.77. The second-order valence-electron chi connectivity index (χ2n) is 8.43. The fourth-order valence-electron chi connectivity index (χ4n) is 3.66. The van der Waals surface area contributed by atoms with Gasteiger partial charge < -0.3 is 10.2 Å². The Morgan fingerprint density at radius 1 is 1.06 bits per heavy atom. The second kappa shape index (κ2) is 11.2. The lowest BCUT2D eigenvalue weighted by molar-refractivity contribution is 0.102. The summed E-state index contributed by atoms with van der Waals surface area (Å²) in [5.74, 6) is -0.868. The van der Waals surface area contributed by atoms with Gasteiger partial charge >= 0.3 is 0 Å². The minimum absolute atomic E-state index is 0.0220. The predicted molar refractivity (Wildman–Crippen MR) is 139 cm³/mol. The van der Waals surface area contributed by atoms with Crippen LogP contribution in [-0.4, -0.2) is 38.8 Å². The van der Waals surface area contributed by atoms with Gasteiger partial charge in [-0.3, -0.25) is 4.79 Å². The Kier molecular flexibility index (Phi) is 8.53. The minimum Gasteiger partial charge on any atom is -0.377 e. The molecule has 0 saturated heterocycles. The third kappa shape index (κ3) is 6.20. The van der Waals surface area contributed by atoms with E-state index in [1.165, 1.54) is 16.4 Å². The maximum Gasteiger partial charge on any atom is 0.257 e. The quantitative estimate of drug-likeness (QED) is 0.390. The molecule has 3 aromatic carbocycles. The van der Waals surface area contributed by atoms with Crippen LogP contribution in [0.1, 0.15) is 36.2 Å². The molecule has 0 aliphatic carbocycles. The Hall–Kier alpha value is -2.94. The van der Waals surface area contributed by atoms with Gasteiger partial charge in [-0.05, 0) is 73.5 Å². The Morgan fingerprint density at radius 3 is 2.31 bits per heavy atom. The number of anilines is 2. The van der Waals surface area contributed by atoms with Crippen molar-refractivity contribution in [1.29, 1.82) is 0 Å². The van der Waals surface area contributed by atoms with Crippen LogP contribution in [0.15, 0.2) is 71.6 Å². The summed E-state index contributed by atoms with van der Waals surface area (Å²) in [5, 5.41) is 3.18. The number of carbonyl (C=O) groups excluding carboxylic acids is 1. The first kappa shape index (κ1) is 26.7. The number of benzene rings is 3. The van der Waals surface area contributed by atoms with Crippen LogP contribution in [0.2, 0.25) is 5.02 Å². The van der Waals surface area contributed by atoms with E-state index < -0.39 is 15.8 Å². The van der Waals surface area contributed by atoms with Crippen LogP contribution < -0.4 is 10.2 Å². The Balaban J connectivity index is 1.99. The smallest absolute Gasteiger partial charge is 0.257 e. The lowest BCUT2D eigenvalue weighted by atomic mass is 10.1. The van der Waals surface area contributed by atoms with Crippen molar-refractivity contribution in [2.45, 2.75) is 37.8 Å². The number of nitrogens with zero attached hydrogens (tertiary/aromatic N) is 2. The largest absolute Gasteiger partial charge is 0.377 e. The number of halogens is 2. The number of hydrogen-bond acceptors (Lipinski definition) is 4. The van der Waals surface area contributed by atoms with Gasteiger partial charge in [0.2, 0.25) is 10.0 Å². The molecule has 0 fully saturated rings. The zero-order valence-corrected chi connectivity index (χ0v) is 21.7. The molecule has 0 heterocycles. The fraction of sp³-hybridized carbons (Fsp3) is 0.269. The van der Waals surface area contributed by atoms with Gasteiger partial charge in [-0.1, -0.05) is 30.7 Å². The summed E-state index contributed by atoms with van der Waals surface area (Å²) >= 11 is 6.16. The second-order valence-corrected chi connectivity index (χ2v) is 10.7. The van der Waals surface area contributed by atoms with Crippen molar-refractivity contribution in [1.82, 2.24) is 4.31 Å². The molecule has 3 rings (SSSR count). The summed E-state index contributed by atoms with van der Waals surface area (Å²) in [5.41, 5.74) is 2.37. The van der Waals surface area contributed by atoms with Crippen LogP contribution >= 0.6 is 11.6 Å². The van der Waals surface area contributed by atoms with Crippen LogP contribution in [-0.2, 0) is 16.6 Å². The third-order valence-corrected chi connectivity index (χ3v) is 8.07. The lowest BCUT2D eigenvalue weighted by Crippen LogP contribution is -2.38.